The number of pyridine rings is 1. The van der Waals surface area contributed by atoms with Crippen LogP contribution in [0.4, 0.5) is 0 Å². The van der Waals surface area contributed by atoms with Crippen molar-refractivity contribution in [2.24, 2.45) is 0 Å². The van der Waals surface area contributed by atoms with Crippen LogP contribution in [0.3, 0.4) is 0 Å². The normalized spacial score (nSPS) is 8.77. The molecule has 0 bridgehead atoms. The lowest BCUT2D eigenvalue weighted by atomic mass is 10.1. The number of nitrogens with zero attached hydrogens (tertiary/aromatic N) is 1. The number of aliphatic hydroxyl groups excluding tert-OH is 1. The summed E-state index contributed by atoms with van der Waals surface area (Å²) in [6.45, 7) is 1.28. The van der Waals surface area contributed by atoms with Crippen LogP contribution < -0.4 is 0 Å². The SMILES string of the molecule is CC(=O)c1cncc(C#CCO)c1. The number of Topliss-reactive ketones (excluding diaryl/α,β-unsaturated/α-hetero) is 1. The van der Waals surface area contributed by atoms with Gasteiger partial charge in [0.2, 0.25) is 0 Å². The molecule has 0 aromatic carbocycles. The van der Waals surface area contributed by atoms with E-state index < -0.39 is 0 Å². The first-order valence-corrected chi connectivity index (χ1v) is 3.80. The molecule has 1 aromatic rings. The van der Waals surface area contributed by atoms with Crippen molar-refractivity contribution in [3.63, 3.8) is 0 Å². The maximum absolute atomic E-state index is 10.9. The summed E-state index contributed by atoms with van der Waals surface area (Å²) in [5.74, 6) is 5.12. The number of hydrogen-bond donors (Lipinski definition) is 1. The van der Waals surface area contributed by atoms with Gasteiger partial charge in [-0.15, -0.1) is 0 Å². The van der Waals surface area contributed by atoms with Crippen LogP contribution in [0.5, 0.6) is 0 Å². The lowest BCUT2D eigenvalue weighted by Crippen LogP contribution is -1.93. The van der Waals surface area contributed by atoms with Crippen molar-refractivity contribution in [3.05, 3.63) is 29.6 Å². The van der Waals surface area contributed by atoms with E-state index in [-0.39, 0.29) is 12.4 Å². The molecule has 0 aliphatic rings. The number of rotatable bonds is 1. The number of carbonyl (C=O) groups is 1. The molecule has 1 heterocycles. The molecule has 0 saturated carbocycles. The highest BCUT2D eigenvalue weighted by Crippen LogP contribution is 2.01. The van der Waals surface area contributed by atoms with E-state index in [0.29, 0.717) is 11.1 Å². The lowest BCUT2D eigenvalue weighted by molar-refractivity contribution is 0.101. The molecule has 0 saturated heterocycles. The molecule has 0 fully saturated rings. The molecule has 0 radical (unpaired) electrons. The van der Waals surface area contributed by atoms with Gasteiger partial charge in [-0.05, 0) is 13.0 Å². The Balaban J connectivity index is 2.98. The fraction of sp³-hybridized carbons (Fsp3) is 0.200. The minimum atomic E-state index is -0.190. The van der Waals surface area contributed by atoms with Crippen molar-refractivity contribution in [2.45, 2.75) is 6.92 Å². The number of ketones is 1. The van der Waals surface area contributed by atoms with Crippen LogP contribution in [0, 0.1) is 11.8 Å². The van der Waals surface area contributed by atoms with Crippen LogP contribution in [0.15, 0.2) is 18.5 Å². The van der Waals surface area contributed by atoms with E-state index in [9.17, 15) is 4.79 Å². The van der Waals surface area contributed by atoms with Gasteiger partial charge >= 0.3 is 0 Å². The Morgan fingerprint density at radius 1 is 1.62 bits per heavy atom. The molecular formula is C10H9NO2. The van der Waals surface area contributed by atoms with Crippen molar-refractivity contribution in [2.75, 3.05) is 6.61 Å². The zero-order valence-corrected chi connectivity index (χ0v) is 7.24. The van der Waals surface area contributed by atoms with E-state index >= 15 is 0 Å². The van der Waals surface area contributed by atoms with E-state index in [0.717, 1.165) is 0 Å². The van der Waals surface area contributed by atoms with Crippen LogP contribution >= 0.6 is 0 Å². The van der Waals surface area contributed by atoms with Gasteiger partial charge in [0.15, 0.2) is 5.78 Å². The molecule has 0 spiro atoms. The molecule has 1 rings (SSSR count). The van der Waals surface area contributed by atoms with Crippen molar-refractivity contribution in [1.82, 2.24) is 4.98 Å². The number of aromatic nitrogens is 1. The van der Waals surface area contributed by atoms with Crippen LogP contribution in [-0.2, 0) is 0 Å². The molecule has 1 aromatic heterocycles. The average Bonchev–Trinajstić information content (AvgIpc) is 2.15. The zero-order valence-electron chi connectivity index (χ0n) is 7.24. The molecule has 13 heavy (non-hydrogen) atoms. The Bertz CT molecular complexity index is 374. The third kappa shape index (κ3) is 2.69. The summed E-state index contributed by atoms with van der Waals surface area (Å²) < 4.78 is 0. The summed E-state index contributed by atoms with van der Waals surface area (Å²) in [6.07, 6.45) is 3.04. The first-order valence-electron chi connectivity index (χ1n) is 3.80. The van der Waals surface area contributed by atoms with Gasteiger partial charge in [0.25, 0.3) is 0 Å². The van der Waals surface area contributed by atoms with Crippen molar-refractivity contribution in [3.8, 4) is 11.8 Å². The number of carbonyl (C=O) groups excluding carboxylic acids is 1. The summed E-state index contributed by atoms with van der Waals surface area (Å²) in [5, 5.41) is 8.45. The predicted molar refractivity (Wildman–Crippen MR) is 48.2 cm³/mol. The minimum absolute atomic E-state index is 0.0415. The van der Waals surface area contributed by atoms with E-state index in [1.54, 1.807) is 12.3 Å². The molecule has 0 aliphatic heterocycles. The predicted octanol–water partition coefficient (Wildman–Crippen LogP) is 0.628. The molecule has 0 amide bonds. The second-order valence-corrected chi connectivity index (χ2v) is 2.48. The summed E-state index contributed by atoms with van der Waals surface area (Å²) in [5.41, 5.74) is 1.17. The molecule has 3 nitrogen and oxygen atoms in total. The smallest absolute Gasteiger partial charge is 0.161 e. The van der Waals surface area contributed by atoms with Crippen LogP contribution in [0.25, 0.3) is 0 Å². The highest BCUT2D eigenvalue weighted by Gasteiger charge is 1.98. The highest BCUT2D eigenvalue weighted by molar-refractivity contribution is 5.93. The van der Waals surface area contributed by atoms with Gasteiger partial charge in [-0.2, -0.15) is 0 Å². The largest absolute Gasteiger partial charge is 0.384 e. The number of aliphatic hydroxyl groups is 1. The van der Waals surface area contributed by atoms with Crippen LogP contribution in [0.2, 0.25) is 0 Å². The molecule has 66 valence electrons. The van der Waals surface area contributed by atoms with Crippen molar-refractivity contribution >= 4 is 5.78 Å². The maximum atomic E-state index is 10.9. The summed E-state index contributed by atoms with van der Waals surface area (Å²) in [7, 11) is 0. The summed E-state index contributed by atoms with van der Waals surface area (Å²) in [6, 6.07) is 1.65. The third-order valence-electron chi connectivity index (χ3n) is 1.46. The molecule has 0 atom stereocenters. The van der Waals surface area contributed by atoms with E-state index in [2.05, 4.69) is 16.8 Å². The second kappa shape index (κ2) is 4.39. The number of hydrogen-bond acceptors (Lipinski definition) is 3. The van der Waals surface area contributed by atoms with Crippen molar-refractivity contribution in [1.29, 1.82) is 0 Å². The monoisotopic (exact) mass is 175 g/mol. The van der Waals surface area contributed by atoms with Gasteiger partial charge < -0.3 is 5.11 Å². The van der Waals surface area contributed by atoms with Gasteiger partial charge in [-0.25, -0.2) is 0 Å². The Labute approximate surface area is 76.4 Å². The Hall–Kier alpha value is -1.66. The van der Waals surface area contributed by atoms with Crippen LogP contribution in [-0.4, -0.2) is 22.5 Å². The van der Waals surface area contributed by atoms with Gasteiger partial charge in [0, 0.05) is 23.5 Å². The lowest BCUT2D eigenvalue weighted by Gasteiger charge is -1.94. The first kappa shape index (κ1) is 9.43. The second-order valence-electron chi connectivity index (χ2n) is 2.48. The highest BCUT2D eigenvalue weighted by atomic mass is 16.2. The molecule has 1 N–H and O–H groups in total. The van der Waals surface area contributed by atoms with Gasteiger partial charge in [-0.1, -0.05) is 11.8 Å². The van der Waals surface area contributed by atoms with E-state index in [4.69, 9.17) is 5.11 Å². The first-order chi connectivity index (χ1) is 6.24. The Kier molecular flexibility index (Phi) is 3.18. The van der Waals surface area contributed by atoms with Gasteiger partial charge in [0.1, 0.15) is 6.61 Å². The summed E-state index contributed by atoms with van der Waals surface area (Å²) >= 11 is 0. The molecule has 0 unspecified atom stereocenters. The van der Waals surface area contributed by atoms with Gasteiger partial charge in [-0.3, -0.25) is 9.78 Å². The zero-order chi connectivity index (χ0) is 9.68. The molecular weight excluding hydrogens is 166 g/mol. The minimum Gasteiger partial charge on any atom is -0.384 e. The van der Waals surface area contributed by atoms with Gasteiger partial charge in [0.05, 0.1) is 0 Å². The maximum Gasteiger partial charge on any atom is 0.161 e. The topological polar surface area (TPSA) is 50.2 Å². The Morgan fingerprint density at radius 2 is 2.38 bits per heavy atom. The van der Waals surface area contributed by atoms with Crippen LogP contribution in [0.1, 0.15) is 22.8 Å². The summed E-state index contributed by atoms with van der Waals surface area (Å²) in [4.78, 5) is 14.8. The third-order valence-corrected chi connectivity index (χ3v) is 1.46. The standard InChI is InChI=1S/C10H9NO2/c1-8(13)10-5-9(3-2-4-12)6-11-7-10/h5-7,12H,4H2,1H3. The van der Waals surface area contributed by atoms with Crippen molar-refractivity contribution < 1.29 is 9.90 Å². The molecule has 3 heteroatoms. The fourth-order valence-corrected chi connectivity index (χ4v) is 0.842. The van der Waals surface area contributed by atoms with E-state index in [1.165, 1.54) is 13.1 Å². The fourth-order valence-electron chi connectivity index (χ4n) is 0.842. The quantitative estimate of drug-likeness (QED) is 0.503. The molecule has 0 aliphatic carbocycles. The van der Waals surface area contributed by atoms with E-state index in [1.807, 2.05) is 0 Å². The average molecular weight is 175 g/mol. The Morgan fingerprint density at radius 3 is 3.00 bits per heavy atom.